The second kappa shape index (κ2) is 15.5. The summed E-state index contributed by atoms with van der Waals surface area (Å²) in [6, 6.07) is 1.24. The smallest absolute Gasteiger partial charge is 0.165 e. The Morgan fingerprint density at radius 3 is 1.87 bits per heavy atom. The van der Waals surface area contributed by atoms with E-state index in [1.165, 1.54) is 85.4 Å². The van der Waals surface area contributed by atoms with Crippen molar-refractivity contribution in [2.24, 2.45) is 5.73 Å². The van der Waals surface area contributed by atoms with Crippen LogP contribution in [-0.4, -0.2) is 27.5 Å². The van der Waals surface area contributed by atoms with Crippen molar-refractivity contribution in [3.63, 3.8) is 0 Å². The summed E-state index contributed by atoms with van der Waals surface area (Å²) in [6.45, 7) is 8.31. The van der Waals surface area contributed by atoms with Crippen molar-refractivity contribution < 1.29 is 5.48 Å². The van der Waals surface area contributed by atoms with E-state index in [9.17, 15) is 0 Å². The van der Waals surface area contributed by atoms with E-state index < -0.39 is 0 Å². The van der Waals surface area contributed by atoms with E-state index in [1.54, 1.807) is 34.6 Å². The van der Waals surface area contributed by atoms with Crippen LogP contribution in [0.2, 0.25) is 0 Å². The number of H-pyrrole nitrogens is 1. The number of hydrogen-bond donors (Lipinski definition) is 3. The van der Waals surface area contributed by atoms with Gasteiger partial charge in [-0.1, -0.05) is 38.5 Å². The first kappa shape index (κ1) is 28.7. The van der Waals surface area contributed by atoms with Gasteiger partial charge < -0.3 is 16.2 Å². The number of nitrogens with one attached hydrogen (secondary N) is 2. The Labute approximate surface area is 205 Å². The van der Waals surface area contributed by atoms with Gasteiger partial charge in [0.1, 0.15) is 0 Å². The van der Waals surface area contributed by atoms with Crippen molar-refractivity contribution in [3.8, 4) is 0 Å². The average molecular weight is 505 g/mol. The van der Waals surface area contributed by atoms with Crippen molar-refractivity contribution in [1.82, 2.24) is 14.7 Å². The minimum Gasteiger partial charge on any atom is -0.412 e. The molecule has 2 aromatic rings. The number of aromatic nitrogens is 2. The number of rotatable bonds is 3. The molecule has 5 nitrogen and oxygen atoms in total. The van der Waals surface area contributed by atoms with Crippen LogP contribution in [-0.2, 0) is 0 Å². The number of hydrogen-bond acceptors (Lipinski definition) is 7. The van der Waals surface area contributed by atoms with Crippen LogP contribution >= 0.6 is 46.8 Å². The van der Waals surface area contributed by atoms with Gasteiger partial charge in [0.2, 0.25) is 0 Å². The SMILES string of the molecule is Cc1[nH]c(=S)sc1C.Cc1nc(SNC2CCCCC2)sc1C.NC1CCCCC1.O. The van der Waals surface area contributed by atoms with Crippen LogP contribution in [0, 0.1) is 31.6 Å². The maximum atomic E-state index is 5.63. The Bertz CT molecular complexity index is 748. The van der Waals surface area contributed by atoms with E-state index in [0.29, 0.717) is 12.1 Å². The Morgan fingerprint density at radius 1 is 0.935 bits per heavy atom. The first-order valence-electron chi connectivity index (χ1n) is 11.1. The molecule has 0 unspecified atom stereocenters. The maximum Gasteiger partial charge on any atom is 0.165 e. The molecule has 0 aliphatic heterocycles. The predicted octanol–water partition coefficient (Wildman–Crippen LogP) is 6.56. The number of nitrogens with zero attached hydrogens (tertiary/aromatic N) is 1. The average Bonchev–Trinajstić information content (AvgIpc) is 3.21. The normalized spacial score (nSPS) is 17.1. The first-order valence-corrected chi connectivity index (χ1v) is 14.0. The molecule has 4 rings (SSSR count). The van der Waals surface area contributed by atoms with E-state index in [1.807, 2.05) is 6.92 Å². The Morgan fingerprint density at radius 2 is 1.52 bits per heavy atom. The van der Waals surface area contributed by atoms with Crippen LogP contribution in [0.4, 0.5) is 0 Å². The molecule has 2 heterocycles. The molecule has 6 N–H and O–H groups in total. The predicted molar refractivity (Wildman–Crippen MR) is 141 cm³/mol. The van der Waals surface area contributed by atoms with Crippen LogP contribution in [0.1, 0.15) is 85.4 Å². The molecule has 0 atom stereocenters. The van der Waals surface area contributed by atoms with Crippen molar-refractivity contribution in [1.29, 1.82) is 0 Å². The summed E-state index contributed by atoms with van der Waals surface area (Å²) in [6.07, 6.45) is 13.5. The molecular weight excluding hydrogens is 465 g/mol. The summed E-state index contributed by atoms with van der Waals surface area (Å²) in [5.74, 6) is 0. The Hall–Kier alpha value is -0.290. The van der Waals surface area contributed by atoms with E-state index in [4.69, 9.17) is 18.0 Å². The highest BCUT2D eigenvalue weighted by Gasteiger charge is 2.14. The molecule has 2 saturated carbocycles. The quantitative estimate of drug-likeness (QED) is 0.324. The zero-order valence-corrected chi connectivity index (χ0v) is 22.6. The molecule has 2 fully saturated rings. The van der Waals surface area contributed by atoms with Gasteiger partial charge in [-0.05, 0) is 77.5 Å². The fraction of sp³-hybridized carbons (Fsp3) is 0.727. The van der Waals surface area contributed by atoms with Gasteiger partial charge in [-0.3, -0.25) is 4.72 Å². The third kappa shape index (κ3) is 11.4. The summed E-state index contributed by atoms with van der Waals surface area (Å²) in [5.41, 5.74) is 8.00. The van der Waals surface area contributed by atoms with Gasteiger partial charge in [0.15, 0.2) is 8.29 Å². The zero-order valence-electron chi connectivity index (χ0n) is 19.4. The summed E-state index contributed by atoms with van der Waals surface area (Å²) in [4.78, 5) is 10.2. The minimum atomic E-state index is 0. The molecule has 0 amide bonds. The van der Waals surface area contributed by atoms with Gasteiger partial charge >= 0.3 is 0 Å². The first-order chi connectivity index (χ1) is 14.3. The molecule has 0 radical (unpaired) electrons. The molecule has 0 bridgehead atoms. The largest absolute Gasteiger partial charge is 0.412 e. The summed E-state index contributed by atoms with van der Waals surface area (Å²) >= 11 is 10.0. The second-order valence-corrected chi connectivity index (χ2v) is 12.4. The molecule has 2 aromatic heterocycles. The van der Waals surface area contributed by atoms with Crippen molar-refractivity contribution >= 4 is 46.8 Å². The van der Waals surface area contributed by atoms with Gasteiger partial charge in [0.25, 0.3) is 0 Å². The van der Waals surface area contributed by atoms with Crippen LogP contribution < -0.4 is 10.5 Å². The molecule has 2 aliphatic carbocycles. The third-order valence-corrected chi connectivity index (χ3v) is 8.98. The Kier molecular flexibility index (Phi) is 14.4. The van der Waals surface area contributed by atoms with Crippen molar-refractivity contribution in [3.05, 3.63) is 25.1 Å². The molecule has 0 spiro atoms. The van der Waals surface area contributed by atoms with Crippen LogP contribution in [0.5, 0.6) is 0 Å². The van der Waals surface area contributed by atoms with Crippen LogP contribution in [0.15, 0.2) is 4.34 Å². The van der Waals surface area contributed by atoms with Gasteiger partial charge in [0.05, 0.1) is 5.69 Å². The van der Waals surface area contributed by atoms with E-state index in [0.717, 1.165) is 8.29 Å². The van der Waals surface area contributed by atoms with Gasteiger partial charge in [-0.25, -0.2) is 4.98 Å². The fourth-order valence-corrected chi connectivity index (χ4v) is 6.68. The van der Waals surface area contributed by atoms with Crippen molar-refractivity contribution in [2.45, 2.75) is 108 Å². The molecule has 31 heavy (non-hydrogen) atoms. The highest BCUT2D eigenvalue weighted by atomic mass is 32.2. The van der Waals surface area contributed by atoms with E-state index in [2.05, 4.69) is 35.5 Å². The lowest BCUT2D eigenvalue weighted by Crippen LogP contribution is -2.25. The van der Waals surface area contributed by atoms with Gasteiger partial charge in [-0.2, -0.15) is 0 Å². The van der Waals surface area contributed by atoms with Crippen molar-refractivity contribution in [2.75, 3.05) is 0 Å². The molecule has 178 valence electrons. The highest BCUT2D eigenvalue weighted by Crippen LogP contribution is 2.27. The lowest BCUT2D eigenvalue weighted by atomic mass is 9.96. The molecule has 0 aromatic carbocycles. The summed E-state index contributed by atoms with van der Waals surface area (Å²) in [7, 11) is 0. The van der Waals surface area contributed by atoms with Gasteiger partial charge in [0, 0.05) is 27.5 Å². The molecule has 0 saturated heterocycles. The van der Waals surface area contributed by atoms with E-state index >= 15 is 0 Å². The minimum absolute atomic E-state index is 0. The number of nitrogens with two attached hydrogens (primary N) is 1. The maximum absolute atomic E-state index is 5.63. The van der Waals surface area contributed by atoms with E-state index in [-0.39, 0.29) is 5.48 Å². The summed E-state index contributed by atoms with van der Waals surface area (Å²) in [5, 5.41) is 0. The lowest BCUT2D eigenvalue weighted by molar-refractivity contribution is 0.423. The van der Waals surface area contributed by atoms with Crippen LogP contribution in [0.3, 0.4) is 0 Å². The summed E-state index contributed by atoms with van der Waals surface area (Å²) < 4.78 is 5.58. The molecule has 9 heteroatoms. The highest BCUT2D eigenvalue weighted by molar-refractivity contribution is 7.99. The van der Waals surface area contributed by atoms with Gasteiger partial charge in [-0.15, -0.1) is 22.7 Å². The monoisotopic (exact) mass is 504 g/mol. The standard InChI is InChI=1S/C11H18N2S2.C6H13N.C5H7NS2.H2O/c1-8-9(2)14-11(12-8)15-13-10-6-4-3-5-7-10;7-6-4-2-1-3-5-6;1-3-4(2)8-5(7)6-3;/h10,13H,3-7H2,1-2H3;6H,1-5,7H2;1-2H3,(H,6,7);1H2. The number of thiazole rings is 2. The molecule has 2 aliphatic rings. The topological polar surface area (TPSA) is 98.2 Å². The zero-order chi connectivity index (χ0) is 21.9. The Balaban J connectivity index is 0.000000254. The second-order valence-electron chi connectivity index (χ2n) is 8.27. The lowest BCUT2D eigenvalue weighted by Gasteiger charge is -2.21. The van der Waals surface area contributed by atoms with Crippen LogP contribution in [0.25, 0.3) is 0 Å². The number of aryl methyl sites for hydroxylation is 4. The third-order valence-electron chi connectivity index (χ3n) is 5.64. The molecular formula is C22H40N4OS4. The number of aromatic amines is 1. The fourth-order valence-electron chi connectivity index (χ4n) is 3.46.